The first-order chi connectivity index (χ1) is 9.60. The number of alkyl halides is 2. The van der Waals surface area contributed by atoms with Crippen LogP contribution in [0.25, 0.3) is 11.1 Å². The Kier molecular flexibility index (Phi) is 5.15. The molecule has 0 aliphatic carbocycles. The number of hydrogen-bond donors (Lipinski definition) is 1. The van der Waals surface area contributed by atoms with Gasteiger partial charge in [-0.3, -0.25) is 0 Å². The molecule has 0 aliphatic heterocycles. The van der Waals surface area contributed by atoms with Gasteiger partial charge in [0.25, 0.3) is 5.76 Å². The third kappa shape index (κ3) is 3.81. The molecule has 0 aliphatic rings. The van der Waals surface area contributed by atoms with Crippen LogP contribution in [0.2, 0.25) is 0 Å². The van der Waals surface area contributed by atoms with Gasteiger partial charge in [0.15, 0.2) is 0 Å². The molecule has 20 heavy (non-hydrogen) atoms. The Morgan fingerprint density at radius 2 is 1.75 bits per heavy atom. The van der Waals surface area contributed by atoms with Gasteiger partial charge >= 0.3 is 0 Å². The fourth-order valence-electron chi connectivity index (χ4n) is 2.01. The first-order valence-corrected chi connectivity index (χ1v) is 7.39. The Morgan fingerprint density at radius 3 is 2.35 bits per heavy atom. The minimum Gasteiger partial charge on any atom is -0.324 e. The van der Waals surface area contributed by atoms with E-state index in [1.165, 1.54) is 0 Å². The van der Waals surface area contributed by atoms with Crippen LogP contribution in [0, 0.1) is 0 Å². The Morgan fingerprint density at radius 1 is 1.05 bits per heavy atom. The maximum atomic E-state index is 12.3. The van der Waals surface area contributed by atoms with Crippen molar-refractivity contribution in [3.63, 3.8) is 0 Å². The number of benzene rings is 2. The SMILES string of the molecule is CCC(N)c1cccc(-c2ccc(SC(F)F)cc2)c1. The van der Waals surface area contributed by atoms with Crippen molar-refractivity contribution in [3.8, 4) is 11.1 Å². The van der Waals surface area contributed by atoms with Gasteiger partial charge in [-0.05, 0) is 41.3 Å². The predicted octanol–water partition coefficient (Wildman–Crippen LogP) is 5.08. The zero-order valence-corrected chi connectivity index (χ0v) is 12.0. The van der Waals surface area contributed by atoms with Gasteiger partial charge in [-0.1, -0.05) is 49.0 Å². The van der Waals surface area contributed by atoms with Gasteiger partial charge in [-0.2, -0.15) is 8.78 Å². The minimum atomic E-state index is -2.38. The minimum absolute atomic E-state index is 0.0311. The smallest absolute Gasteiger partial charge is 0.288 e. The summed E-state index contributed by atoms with van der Waals surface area (Å²) in [4.78, 5) is 0.574. The van der Waals surface area contributed by atoms with E-state index in [9.17, 15) is 8.78 Å². The highest BCUT2D eigenvalue weighted by atomic mass is 32.2. The second-order valence-electron chi connectivity index (χ2n) is 4.54. The van der Waals surface area contributed by atoms with Crippen LogP contribution in [0.3, 0.4) is 0 Å². The molecule has 2 aromatic rings. The Balaban J connectivity index is 2.23. The first kappa shape index (κ1) is 15.0. The lowest BCUT2D eigenvalue weighted by Crippen LogP contribution is -2.08. The average Bonchev–Trinajstić information content (AvgIpc) is 2.47. The molecular weight excluding hydrogens is 276 g/mol. The van der Waals surface area contributed by atoms with Crippen molar-refractivity contribution in [2.75, 3.05) is 0 Å². The van der Waals surface area contributed by atoms with Gasteiger partial charge in [-0.15, -0.1) is 0 Å². The Bertz CT molecular complexity index is 555. The predicted molar refractivity (Wildman–Crippen MR) is 81.0 cm³/mol. The highest BCUT2D eigenvalue weighted by Gasteiger charge is 2.07. The molecule has 2 N–H and O–H groups in total. The van der Waals surface area contributed by atoms with Crippen LogP contribution >= 0.6 is 11.8 Å². The largest absolute Gasteiger partial charge is 0.324 e. The molecule has 0 saturated heterocycles. The summed E-state index contributed by atoms with van der Waals surface area (Å²) >= 11 is 0.561. The lowest BCUT2D eigenvalue weighted by atomic mass is 9.99. The summed E-state index contributed by atoms with van der Waals surface area (Å²) in [5, 5.41) is 0. The molecule has 0 spiro atoms. The van der Waals surface area contributed by atoms with Crippen molar-refractivity contribution >= 4 is 11.8 Å². The molecule has 0 heterocycles. The number of nitrogens with two attached hydrogens (primary N) is 1. The molecule has 0 saturated carbocycles. The zero-order valence-electron chi connectivity index (χ0n) is 11.2. The van der Waals surface area contributed by atoms with Crippen LogP contribution < -0.4 is 5.73 Å². The van der Waals surface area contributed by atoms with Crippen LogP contribution in [0.4, 0.5) is 8.78 Å². The second-order valence-corrected chi connectivity index (χ2v) is 5.61. The zero-order chi connectivity index (χ0) is 14.5. The molecular formula is C16H17F2NS. The maximum Gasteiger partial charge on any atom is 0.288 e. The summed E-state index contributed by atoms with van der Waals surface area (Å²) in [5.74, 6) is -2.38. The monoisotopic (exact) mass is 293 g/mol. The fourth-order valence-corrected chi connectivity index (χ4v) is 2.51. The Hall–Kier alpha value is -1.39. The molecule has 106 valence electrons. The quantitative estimate of drug-likeness (QED) is 0.778. The summed E-state index contributed by atoms with van der Waals surface area (Å²) < 4.78 is 24.5. The second kappa shape index (κ2) is 6.86. The van der Waals surface area contributed by atoms with E-state index in [0.717, 1.165) is 23.1 Å². The van der Waals surface area contributed by atoms with E-state index in [0.29, 0.717) is 16.7 Å². The van der Waals surface area contributed by atoms with E-state index in [-0.39, 0.29) is 6.04 Å². The van der Waals surface area contributed by atoms with Crippen LogP contribution in [-0.2, 0) is 0 Å². The number of halogens is 2. The third-order valence-electron chi connectivity index (χ3n) is 3.17. The number of thioether (sulfide) groups is 1. The molecule has 2 aromatic carbocycles. The summed E-state index contributed by atoms with van der Waals surface area (Å²) in [7, 11) is 0. The summed E-state index contributed by atoms with van der Waals surface area (Å²) in [6.45, 7) is 2.05. The molecule has 0 amide bonds. The normalized spacial score (nSPS) is 12.7. The van der Waals surface area contributed by atoms with Gasteiger partial charge in [0.2, 0.25) is 0 Å². The maximum absolute atomic E-state index is 12.3. The fraction of sp³-hybridized carbons (Fsp3) is 0.250. The molecule has 0 radical (unpaired) electrons. The lowest BCUT2D eigenvalue weighted by molar-refractivity contribution is 0.252. The van der Waals surface area contributed by atoms with E-state index < -0.39 is 5.76 Å². The van der Waals surface area contributed by atoms with Gasteiger partial charge in [0.05, 0.1) is 0 Å². The Labute approximate surface area is 122 Å². The summed E-state index contributed by atoms with van der Waals surface area (Å²) in [6, 6.07) is 15.2. The highest BCUT2D eigenvalue weighted by molar-refractivity contribution is 7.99. The van der Waals surface area contributed by atoms with Crippen LogP contribution in [-0.4, -0.2) is 5.76 Å². The van der Waals surface area contributed by atoms with E-state index in [1.54, 1.807) is 12.1 Å². The number of rotatable bonds is 5. The summed E-state index contributed by atoms with van der Waals surface area (Å²) in [6.07, 6.45) is 0.882. The van der Waals surface area contributed by atoms with Gasteiger partial charge in [0.1, 0.15) is 0 Å². The third-order valence-corrected chi connectivity index (χ3v) is 3.89. The highest BCUT2D eigenvalue weighted by Crippen LogP contribution is 2.29. The summed E-state index contributed by atoms with van der Waals surface area (Å²) in [5.41, 5.74) is 9.19. The van der Waals surface area contributed by atoms with Gasteiger partial charge < -0.3 is 5.73 Å². The van der Waals surface area contributed by atoms with Crippen molar-refractivity contribution in [2.24, 2.45) is 5.73 Å². The van der Waals surface area contributed by atoms with E-state index in [1.807, 2.05) is 37.3 Å². The molecule has 2 rings (SSSR count). The molecule has 0 bridgehead atoms. The molecule has 0 aromatic heterocycles. The van der Waals surface area contributed by atoms with Gasteiger partial charge in [0, 0.05) is 10.9 Å². The van der Waals surface area contributed by atoms with Crippen LogP contribution in [0.1, 0.15) is 24.9 Å². The molecule has 0 fully saturated rings. The molecule has 4 heteroatoms. The van der Waals surface area contributed by atoms with Crippen molar-refractivity contribution in [1.82, 2.24) is 0 Å². The van der Waals surface area contributed by atoms with Crippen molar-refractivity contribution < 1.29 is 8.78 Å². The topological polar surface area (TPSA) is 26.0 Å². The van der Waals surface area contributed by atoms with Crippen LogP contribution in [0.15, 0.2) is 53.4 Å². The molecule has 1 nitrogen and oxygen atoms in total. The lowest BCUT2D eigenvalue weighted by Gasteiger charge is -2.11. The van der Waals surface area contributed by atoms with Crippen molar-refractivity contribution in [2.45, 2.75) is 30.0 Å². The van der Waals surface area contributed by atoms with E-state index in [4.69, 9.17) is 5.73 Å². The van der Waals surface area contributed by atoms with Gasteiger partial charge in [-0.25, -0.2) is 0 Å². The molecule has 1 unspecified atom stereocenters. The van der Waals surface area contributed by atoms with E-state index in [2.05, 4.69) is 6.07 Å². The van der Waals surface area contributed by atoms with E-state index >= 15 is 0 Å². The van der Waals surface area contributed by atoms with Crippen molar-refractivity contribution in [1.29, 1.82) is 0 Å². The molecule has 1 atom stereocenters. The average molecular weight is 293 g/mol. The van der Waals surface area contributed by atoms with Crippen LogP contribution in [0.5, 0.6) is 0 Å². The number of hydrogen-bond acceptors (Lipinski definition) is 2. The van der Waals surface area contributed by atoms with Crippen molar-refractivity contribution in [3.05, 3.63) is 54.1 Å². The first-order valence-electron chi connectivity index (χ1n) is 6.51. The standard InChI is InChI=1S/C16H17F2NS/c1-2-15(19)13-5-3-4-12(10-13)11-6-8-14(9-7-11)20-16(17)18/h3-10,15-16H,2,19H2,1H3.